The van der Waals surface area contributed by atoms with Crippen LogP contribution in [0.1, 0.15) is 37.7 Å². The number of carboxylic acid groups (broad SMARTS) is 1. The second-order valence-corrected chi connectivity index (χ2v) is 5.92. The van der Waals surface area contributed by atoms with Gasteiger partial charge in [0.2, 0.25) is 5.91 Å². The first kappa shape index (κ1) is 17.6. The SMILES string of the molecule is CCOC(=O)c1ccc(NC(=O)Cc2nc(C)c(C(=O)[O-])s2)cc1. The number of carbonyl (C=O) groups excluding carboxylic acids is 3. The van der Waals surface area contributed by atoms with Crippen LogP contribution in [0.15, 0.2) is 24.3 Å². The summed E-state index contributed by atoms with van der Waals surface area (Å²) in [5, 5.41) is 13.9. The van der Waals surface area contributed by atoms with E-state index in [-0.39, 0.29) is 17.2 Å². The lowest BCUT2D eigenvalue weighted by Crippen LogP contribution is -2.21. The average Bonchev–Trinajstić information content (AvgIpc) is 2.88. The topological polar surface area (TPSA) is 108 Å². The van der Waals surface area contributed by atoms with Gasteiger partial charge in [-0.2, -0.15) is 0 Å². The van der Waals surface area contributed by atoms with Gasteiger partial charge in [-0.05, 0) is 38.1 Å². The maximum atomic E-state index is 12.0. The quantitative estimate of drug-likeness (QED) is 0.786. The number of nitrogens with zero attached hydrogens (tertiary/aromatic N) is 1. The van der Waals surface area contributed by atoms with Crippen LogP contribution in [-0.2, 0) is 16.0 Å². The van der Waals surface area contributed by atoms with Gasteiger partial charge in [-0.3, -0.25) is 4.79 Å². The first-order chi connectivity index (χ1) is 11.4. The number of aromatic nitrogens is 1. The van der Waals surface area contributed by atoms with Crippen LogP contribution in [-0.4, -0.2) is 29.4 Å². The predicted octanol–water partition coefficient (Wildman–Crippen LogP) is 1.17. The molecule has 0 atom stereocenters. The minimum atomic E-state index is -1.30. The molecule has 1 aromatic heterocycles. The summed E-state index contributed by atoms with van der Waals surface area (Å²) in [6.45, 7) is 3.56. The number of anilines is 1. The van der Waals surface area contributed by atoms with Gasteiger partial charge in [0.25, 0.3) is 0 Å². The minimum Gasteiger partial charge on any atom is -0.544 e. The van der Waals surface area contributed by atoms with Crippen LogP contribution in [0.5, 0.6) is 0 Å². The summed E-state index contributed by atoms with van der Waals surface area (Å²) in [4.78, 5) is 38.5. The average molecular weight is 347 g/mol. The fraction of sp³-hybridized carbons (Fsp3) is 0.250. The molecule has 0 aliphatic carbocycles. The van der Waals surface area contributed by atoms with E-state index >= 15 is 0 Å². The van der Waals surface area contributed by atoms with Gasteiger partial charge in [0.1, 0.15) is 5.01 Å². The highest BCUT2D eigenvalue weighted by atomic mass is 32.1. The Hall–Kier alpha value is -2.74. The van der Waals surface area contributed by atoms with Gasteiger partial charge in [-0.1, -0.05) is 0 Å². The van der Waals surface area contributed by atoms with Crippen LogP contribution >= 0.6 is 11.3 Å². The smallest absolute Gasteiger partial charge is 0.338 e. The number of amides is 1. The van der Waals surface area contributed by atoms with Crippen molar-refractivity contribution in [1.29, 1.82) is 0 Å². The molecule has 1 amide bonds. The van der Waals surface area contributed by atoms with Gasteiger partial charge >= 0.3 is 5.97 Å². The van der Waals surface area contributed by atoms with E-state index in [0.29, 0.717) is 28.6 Å². The van der Waals surface area contributed by atoms with Crippen molar-refractivity contribution in [2.45, 2.75) is 20.3 Å². The highest BCUT2D eigenvalue weighted by Gasteiger charge is 2.12. The van der Waals surface area contributed by atoms with Gasteiger partial charge in [-0.15, -0.1) is 11.3 Å². The number of aryl methyl sites for hydroxylation is 1. The van der Waals surface area contributed by atoms with E-state index in [2.05, 4.69) is 10.3 Å². The molecule has 7 nitrogen and oxygen atoms in total. The molecule has 0 saturated carbocycles. The third kappa shape index (κ3) is 4.39. The number of rotatable bonds is 6. The summed E-state index contributed by atoms with van der Waals surface area (Å²) >= 11 is 0.923. The molecule has 2 rings (SSSR count). The summed E-state index contributed by atoms with van der Waals surface area (Å²) in [7, 11) is 0. The van der Waals surface area contributed by atoms with Crippen molar-refractivity contribution in [3.8, 4) is 0 Å². The molecular weight excluding hydrogens is 332 g/mol. The first-order valence-electron chi connectivity index (χ1n) is 7.15. The van der Waals surface area contributed by atoms with Gasteiger partial charge in [0.05, 0.1) is 35.1 Å². The van der Waals surface area contributed by atoms with Crippen molar-refractivity contribution in [2.75, 3.05) is 11.9 Å². The molecule has 24 heavy (non-hydrogen) atoms. The van der Waals surface area contributed by atoms with Crippen molar-refractivity contribution < 1.29 is 24.2 Å². The zero-order valence-electron chi connectivity index (χ0n) is 13.1. The Labute approximate surface area is 142 Å². The second-order valence-electron chi connectivity index (χ2n) is 4.83. The monoisotopic (exact) mass is 347 g/mol. The van der Waals surface area contributed by atoms with Crippen molar-refractivity contribution in [3.05, 3.63) is 45.4 Å². The van der Waals surface area contributed by atoms with E-state index in [1.54, 1.807) is 38.1 Å². The molecule has 2 aromatic rings. The Balaban J connectivity index is 1.98. The number of ether oxygens (including phenoxy) is 1. The van der Waals surface area contributed by atoms with E-state index in [9.17, 15) is 19.5 Å². The fourth-order valence-corrected chi connectivity index (χ4v) is 2.86. The summed E-state index contributed by atoms with van der Waals surface area (Å²) in [5.41, 5.74) is 1.24. The molecule has 126 valence electrons. The summed E-state index contributed by atoms with van der Waals surface area (Å²) < 4.78 is 4.87. The van der Waals surface area contributed by atoms with Crippen LogP contribution in [0.3, 0.4) is 0 Å². The number of hydrogen-bond donors (Lipinski definition) is 1. The number of aromatic carboxylic acids is 1. The molecule has 8 heteroatoms. The number of carbonyl (C=O) groups is 3. The normalized spacial score (nSPS) is 10.2. The fourth-order valence-electron chi connectivity index (χ4n) is 1.96. The Kier molecular flexibility index (Phi) is 5.64. The van der Waals surface area contributed by atoms with Gasteiger partial charge in [0.15, 0.2) is 0 Å². The highest BCUT2D eigenvalue weighted by Crippen LogP contribution is 2.18. The van der Waals surface area contributed by atoms with Crippen LogP contribution in [0, 0.1) is 6.92 Å². The van der Waals surface area contributed by atoms with E-state index in [4.69, 9.17) is 4.74 Å². The number of esters is 1. The molecule has 0 fully saturated rings. The van der Waals surface area contributed by atoms with E-state index in [1.807, 2.05) is 0 Å². The van der Waals surface area contributed by atoms with Gasteiger partial charge < -0.3 is 20.0 Å². The second kappa shape index (κ2) is 7.69. The Bertz CT molecular complexity index is 767. The maximum absolute atomic E-state index is 12.0. The standard InChI is InChI=1S/C16H16N2O5S/c1-3-23-16(22)10-4-6-11(7-5-10)18-12(19)8-13-17-9(2)14(24-13)15(20)21/h4-7H,3,8H2,1-2H3,(H,18,19)(H,20,21)/p-1. The zero-order valence-corrected chi connectivity index (χ0v) is 13.9. The van der Waals surface area contributed by atoms with Crippen LogP contribution in [0.25, 0.3) is 0 Å². The molecule has 1 heterocycles. The van der Waals surface area contributed by atoms with Crippen molar-refractivity contribution in [3.63, 3.8) is 0 Å². The predicted molar refractivity (Wildman–Crippen MR) is 85.9 cm³/mol. The van der Waals surface area contributed by atoms with Gasteiger partial charge in [0, 0.05) is 5.69 Å². The Morgan fingerprint density at radius 2 is 1.92 bits per heavy atom. The molecule has 1 N–H and O–H groups in total. The van der Waals surface area contributed by atoms with Crippen LogP contribution in [0.4, 0.5) is 5.69 Å². The molecule has 0 unspecified atom stereocenters. The van der Waals surface area contributed by atoms with Crippen LogP contribution in [0.2, 0.25) is 0 Å². The summed E-state index contributed by atoms with van der Waals surface area (Å²) in [6.07, 6.45) is -0.0432. The maximum Gasteiger partial charge on any atom is 0.338 e. The number of nitrogens with one attached hydrogen (secondary N) is 1. The molecule has 0 aliphatic heterocycles. The van der Waals surface area contributed by atoms with Crippen molar-refractivity contribution in [2.24, 2.45) is 0 Å². The lowest BCUT2D eigenvalue weighted by molar-refractivity contribution is -0.254. The van der Waals surface area contributed by atoms with E-state index < -0.39 is 11.9 Å². The van der Waals surface area contributed by atoms with Gasteiger partial charge in [-0.25, -0.2) is 9.78 Å². The molecule has 1 aromatic carbocycles. The summed E-state index contributed by atoms with van der Waals surface area (Å²) in [5.74, 6) is -2.06. The van der Waals surface area contributed by atoms with E-state index in [0.717, 1.165) is 11.3 Å². The number of carboxylic acids is 1. The molecular formula is C16H15N2O5S-. The Morgan fingerprint density at radius 1 is 1.25 bits per heavy atom. The van der Waals surface area contributed by atoms with Crippen molar-refractivity contribution >= 4 is 34.9 Å². The number of benzene rings is 1. The largest absolute Gasteiger partial charge is 0.544 e. The minimum absolute atomic E-state index is 0.0246. The Morgan fingerprint density at radius 3 is 2.46 bits per heavy atom. The third-order valence-electron chi connectivity index (χ3n) is 3.02. The lowest BCUT2D eigenvalue weighted by atomic mass is 10.2. The molecule has 0 saturated heterocycles. The lowest BCUT2D eigenvalue weighted by Gasteiger charge is -2.05. The van der Waals surface area contributed by atoms with Crippen molar-refractivity contribution in [1.82, 2.24) is 4.98 Å². The number of thiazole rings is 1. The molecule has 0 bridgehead atoms. The first-order valence-corrected chi connectivity index (χ1v) is 7.97. The van der Waals surface area contributed by atoms with Crippen LogP contribution < -0.4 is 10.4 Å². The molecule has 0 aliphatic rings. The zero-order chi connectivity index (χ0) is 17.7. The highest BCUT2D eigenvalue weighted by molar-refractivity contribution is 7.13. The third-order valence-corrected chi connectivity index (χ3v) is 4.16. The summed E-state index contributed by atoms with van der Waals surface area (Å²) in [6, 6.07) is 6.28. The molecule has 0 radical (unpaired) electrons. The molecule has 0 spiro atoms. The number of hydrogen-bond acceptors (Lipinski definition) is 7. The van der Waals surface area contributed by atoms with E-state index in [1.165, 1.54) is 0 Å².